The van der Waals surface area contributed by atoms with E-state index in [0.717, 1.165) is 11.8 Å². The summed E-state index contributed by atoms with van der Waals surface area (Å²) in [5, 5.41) is 2.65. The summed E-state index contributed by atoms with van der Waals surface area (Å²) in [6.45, 7) is 1.89. The standard InChI is InChI=1S/C13H20N2O4S/c1-9-4-5-12(19-2)11(8-9)15-13(16)10(14)6-7-20(3,17)18/h4-5,8,10H,6-7,14H2,1-3H3,(H,15,16). The topological polar surface area (TPSA) is 98.5 Å². The molecule has 0 fully saturated rings. The lowest BCUT2D eigenvalue weighted by Gasteiger charge is -2.14. The molecular formula is C13H20N2O4S. The first-order valence-electron chi connectivity index (χ1n) is 6.12. The molecule has 7 heteroatoms. The molecule has 1 unspecified atom stereocenters. The molecule has 0 aliphatic rings. The number of carbonyl (C=O) groups is 1. The number of carbonyl (C=O) groups excluding carboxylic acids is 1. The van der Waals surface area contributed by atoms with Crippen molar-refractivity contribution in [2.24, 2.45) is 5.73 Å². The van der Waals surface area contributed by atoms with Gasteiger partial charge in [0.25, 0.3) is 0 Å². The maximum absolute atomic E-state index is 11.9. The molecule has 0 aliphatic carbocycles. The summed E-state index contributed by atoms with van der Waals surface area (Å²) in [6, 6.07) is 4.49. The van der Waals surface area contributed by atoms with Crippen molar-refractivity contribution in [2.45, 2.75) is 19.4 Å². The Kier molecular flexibility index (Phi) is 5.52. The van der Waals surface area contributed by atoms with Gasteiger partial charge in [-0.25, -0.2) is 8.42 Å². The Morgan fingerprint density at radius 1 is 1.45 bits per heavy atom. The molecule has 0 spiro atoms. The van der Waals surface area contributed by atoms with Gasteiger partial charge in [0.1, 0.15) is 15.6 Å². The monoisotopic (exact) mass is 300 g/mol. The van der Waals surface area contributed by atoms with Crippen LogP contribution in [0.25, 0.3) is 0 Å². The molecule has 1 aromatic rings. The highest BCUT2D eigenvalue weighted by Gasteiger charge is 2.17. The molecule has 0 radical (unpaired) electrons. The van der Waals surface area contributed by atoms with Crippen LogP contribution in [-0.4, -0.2) is 39.5 Å². The Morgan fingerprint density at radius 2 is 2.10 bits per heavy atom. The normalized spacial score (nSPS) is 12.8. The van der Waals surface area contributed by atoms with E-state index in [0.29, 0.717) is 11.4 Å². The van der Waals surface area contributed by atoms with Gasteiger partial charge in [0.15, 0.2) is 0 Å². The summed E-state index contributed by atoms with van der Waals surface area (Å²) < 4.78 is 27.3. The minimum Gasteiger partial charge on any atom is -0.495 e. The van der Waals surface area contributed by atoms with E-state index in [-0.39, 0.29) is 12.2 Å². The summed E-state index contributed by atoms with van der Waals surface area (Å²) in [4.78, 5) is 11.9. The molecule has 1 rings (SSSR count). The average Bonchev–Trinajstić information content (AvgIpc) is 2.35. The molecule has 1 atom stereocenters. The number of methoxy groups -OCH3 is 1. The zero-order valence-electron chi connectivity index (χ0n) is 11.8. The molecular weight excluding hydrogens is 280 g/mol. The van der Waals surface area contributed by atoms with Crippen molar-refractivity contribution in [3.8, 4) is 5.75 Å². The minimum absolute atomic E-state index is 0.0821. The maximum atomic E-state index is 11.9. The largest absolute Gasteiger partial charge is 0.495 e. The van der Waals surface area contributed by atoms with Crippen LogP contribution < -0.4 is 15.8 Å². The first kappa shape index (κ1) is 16.5. The van der Waals surface area contributed by atoms with Crippen LogP contribution >= 0.6 is 0 Å². The molecule has 0 bridgehead atoms. The number of nitrogens with two attached hydrogens (primary N) is 1. The van der Waals surface area contributed by atoms with Crippen molar-refractivity contribution >= 4 is 21.4 Å². The van der Waals surface area contributed by atoms with Crippen LogP contribution in [0.1, 0.15) is 12.0 Å². The summed E-state index contributed by atoms with van der Waals surface area (Å²) >= 11 is 0. The fraction of sp³-hybridized carbons (Fsp3) is 0.462. The number of aryl methyl sites for hydroxylation is 1. The highest BCUT2D eigenvalue weighted by atomic mass is 32.2. The zero-order valence-corrected chi connectivity index (χ0v) is 12.7. The summed E-state index contributed by atoms with van der Waals surface area (Å²) in [5.74, 6) is -0.0242. The minimum atomic E-state index is -3.13. The Morgan fingerprint density at radius 3 is 2.65 bits per heavy atom. The molecule has 3 N–H and O–H groups in total. The predicted octanol–water partition coefficient (Wildman–Crippen LogP) is 0.704. The van der Waals surface area contributed by atoms with Gasteiger partial charge in [-0.2, -0.15) is 0 Å². The quantitative estimate of drug-likeness (QED) is 0.806. The Bertz CT molecular complexity index is 584. The first-order valence-corrected chi connectivity index (χ1v) is 8.18. The van der Waals surface area contributed by atoms with E-state index < -0.39 is 21.8 Å². The van der Waals surface area contributed by atoms with E-state index in [4.69, 9.17) is 10.5 Å². The van der Waals surface area contributed by atoms with Crippen LogP contribution in [0, 0.1) is 6.92 Å². The van der Waals surface area contributed by atoms with Crippen LogP contribution in [-0.2, 0) is 14.6 Å². The molecule has 0 heterocycles. The Labute approximate surface area is 119 Å². The maximum Gasteiger partial charge on any atom is 0.241 e. The molecule has 0 saturated heterocycles. The fourth-order valence-corrected chi connectivity index (χ4v) is 2.30. The number of benzene rings is 1. The first-order chi connectivity index (χ1) is 9.23. The number of ether oxygens (including phenoxy) is 1. The van der Waals surface area contributed by atoms with Crippen molar-refractivity contribution in [2.75, 3.05) is 24.4 Å². The molecule has 20 heavy (non-hydrogen) atoms. The van der Waals surface area contributed by atoms with E-state index in [1.807, 2.05) is 13.0 Å². The van der Waals surface area contributed by atoms with Crippen LogP contribution in [0.5, 0.6) is 5.75 Å². The molecule has 1 aromatic carbocycles. The second-order valence-corrected chi connectivity index (χ2v) is 6.98. The van der Waals surface area contributed by atoms with Gasteiger partial charge in [-0.15, -0.1) is 0 Å². The molecule has 6 nitrogen and oxygen atoms in total. The third kappa shape index (κ3) is 5.18. The van der Waals surface area contributed by atoms with Crippen LogP contribution in [0.3, 0.4) is 0 Å². The van der Waals surface area contributed by atoms with Crippen molar-refractivity contribution in [1.82, 2.24) is 0 Å². The third-order valence-corrected chi connectivity index (χ3v) is 3.73. The predicted molar refractivity (Wildman–Crippen MR) is 78.7 cm³/mol. The molecule has 112 valence electrons. The van der Waals surface area contributed by atoms with Crippen molar-refractivity contribution < 1.29 is 17.9 Å². The van der Waals surface area contributed by atoms with Crippen LogP contribution in [0.4, 0.5) is 5.69 Å². The SMILES string of the molecule is COc1ccc(C)cc1NC(=O)C(N)CCS(C)(=O)=O. The van der Waals surface area contributed by atoms with Gasteiger partial charge in [-0.05, 0) is 31.0 Å². The number of nitrogens with one attached hydrogen (secondary N) is 1. The van der Waals surface area contributed by atoms with Crippen molar-refractivity contribution in [3.63, 3.8) is 0 Å². The second kappa shape index (κ2) is 6.71. The number of hydrogen-bond donors (Lipinski definition) is 2. The molecule has 0 aromatic heterocycles. The third-order valence-electron chi connectivity index (χ3n) is 2.75. The lowest BCUT2D eigenvalue weighted by atomic mass is 10.2. The van der Waals surface area contributed by atoms with Crippen molar-refractivity contribution in [3.05, 3.63) is 23.8 Å². The Balaban J connectivity index is 2.73. The number of anilines is 1. The van der Waals surface area contributed by atoms with Gasteiger partial charge in [0.05, 0.1) is 24.6 Å². The van der Waals surface area contributed by atoms with Crippen molar-refractivity contribution in [1.29, 1.82) is 0 Å². The fourth-order valence-electron chi connectivity index (χ4n) is 1.62. The molecule has 0 aliphatic heterocycles. The highest BCUT2D eigenvalue weighted by Crippen LogP contribution is 2.25. The number of rotatable bonds is 6. The summed E-state index contributed by atoms with van der Waals surface area (Å²) in [5.41, 5.74) is 7.17. The lowest BCUT2D eigenvalue weighted by Crippen LogP contribution is -2.37. The smallest absolute Gasteiger partial charge is 0.241 e. The van der Waals surface area contributed by atoms with E-state index in [1.165, 1.54) is 7.11 Å². The van der Waals surface area contributed by atoms with E-state index in [9.17, 15) is 13.2 Å². The van der Waals surface area contributed by atoms with Gasteiger partial charge >= 0.3 is 0 Å². The van der Waals surface area contributed by atoms with E-state index in [2.05, 4.69) is 5.32 Å². The van der Waals surface area contributed by atoms with E-state index >= 15 is 0 Å². The van der Waals surface area contributed by atoms with Gasteiger partial charge in [0, 0.05) is 6.26 Å². The molecule has 0 saturated carbocycles. The zero-order chi connectivity index (χ0) is 15.3. The molecule has 1 amide bonds. The second-order valence-electron chi connectivity index (χ2n) is 4.72. The summed E-state index contributed by atoms with van der Waals surface area (Å²) in [7, 11) is -1.63. The summed E-state index contributed by atoms with van der Waals surface area (Å²) in [6.07, 6.45) is 1.19. The number of sulfone groups is 1. The van der Waals surface area contributed by atoms with Gasteiger partial charge in [-0.1, -0.05) is 6.07 Å². The van der Waals surface area contributed by atoms with Gasteiger partial charge in [-0.3, -0.25) is 4.79 Å². The van der Waals surface area contributed by atoms with Crippen LogP contribution in [0.15, 0.2) is 18.2 Å². The van der Waals surface area contributed by atoms with Crippen LogP contribution in [0.2, 0.25) is 0 Å². The van der Waals surface area contributed by atoms with E-state index in [1.54, 1.807) is 12.1 Å². The number of hydrogen-bond acceptors (Lipinski definition) is 5. The van der Waals surface area contributed by atoms with Gasteiger partial charge in [0.2, 0.25) is 5.91 Å². The average molecular weight is 300 g/mol. The highest BCUT2D eigenvalue weighted by molar-refractivity contribution is 7.90. The number of amides is 1. The van der Waals surface area contributed by atoms with Gasteiger partial charge < -0.3 is 15.8 Å². The lowest BCUT2D eigenvalue weighted by molar-refractivity contribution is -0.117. The Hall–Kier alpha value is -1.60.